The molecule has 0 radical (unpaired) electrons. The van der Waals surface area contributed by atoms with Crippen molar-refractivity contribution >= 4 is 56.3 Å². The Morgan fingerprint density at radius 3 is 1.72 bits per heavy atom. The van der Waals surface area contributed by atoms with Gasteiger partial charge in [0.25, 0.3) is 0 Å². The van der Waals surface area contributed by atoms with Crippen LogP contribution in [0.25, 0.3) is 43.5 Å². The summed E-state index contributed by atoms with van der Waals surface area (Å²) < 4.78 is 2.14. The second kappa shape index (κ2) is 12.6. The third-order valence-electron chi connectivity index (χ3n) is 9.65. The summed E-state index contributed by atoms with van der Waals surface area (Å²) in [5.74, 6) is 0. The molecule has 0 aliphatic heterocycles. The SMILES string of the molecule is [C-]#[N+]c1cc(-n2c3ccccc3c3cc(C#N)ccc32)ccc1-c1cccc([Si](c2ccccc2)(c2ccccc2)c2ccccc2)c1C#N. The van der Waals surface area contributed by atoms with Crippen LogP contribution < -0.4 is 20.7 Å². The number of para-hydroxylation sites is 1. The number of nitriles is 2. The summed E-state index contributed by atoms with van der Waals surface area (Å²) >= 11 is 0. The van der Waals surface area contributed by atoms with Gasteiger partial charge in [-0.25, -0.2) is 4.85 Å². The third-order valence-corrected chi connectivity index (χ3v) is 14.5. The predicted octanol–water partition coefficient (Wildman–Crippen LogP) is 8.12. The Morgan fingerprint density at radius 1 is 0.520 bits per heavy atom. The fourth-order valence-corrected chi connectivity index (χ4v) is 12.5. The van der Waals surface area contributed by atoms with Gasteiger partial charge in [0, 0.05) is 16.5 Å². The van der Waals surface area contributed by atoms with Crippen LogP contribution in [0.15, 0.2) is 170 Å². The molecule has 0 saturated carbocycles. The molecule has 0 unspecified atom stereocenters. The van der Waals surface area contributed by atoms with Crippen LogP contribution in [0.4, 0.5) is 5.69 Å². The minimum absolute atomic E-state index is 0.460. The van der Waals surface area contributed by atoms with E-state index in [1.54, 1.807) is 0 Å². The van der Waals surface area contributed by atoms with Crippen LogP contribution in [0.3, 0.4) is 0 Å². The monoisotopic (exact) mass is 652 g/mol. The van der Waals surface area contributed by atoms with E-state index in [1.807, 2.05) is 78.9 Å². The van der Waals surface area contributed by atoms with E-state index < -0.39 is 8.07 Å². The lowest BCUT2D eigenvalue weighted by Crippen LogP contribution is -2.75. The molecule has 0 aliphatic carbocycles. The number of nitrogens with zero attached hydrogens (tertiary/aromatic N) is 4. The van der Waals surface area contributed by atoms with Gasteiger partial charge in [-0.3, -0.25) is 0 Å². The van der Waals surface area contributed by atoms with Crippen molar-refractivity contribution in [2.24, 2.45) is 0 Å². The van der Waals surface area contributed by atoms with E-state index in [0.717, 1.165) is 38.2 Å². The molecule has 5 heteroatoms. The van der Waals surface area contributed by atoms with Gasteiger partial charge in [0.1, 0.15) is 0 Å². The zero-order chi connectivity index (χ0) is 34.1. The first-order valence-corrected chi connectivity index (χ1v) is 18.3. The molecule has 0 aliphatic rings. The molecule has 1 aromatic heterocycles. The molecule has 232 valence electrons. The van der Waals surface area contributed by atoms with Gasteiger partial charge in [-0.1, -0.05) is 133 Å². The van der Waals surface area contributed by atoms with Gasteiger partial charge in [0.15, 0.2) is 13.8 Å². The summed E-state index contributed by atoms with van der Waals surface area (Å²) in [5, 5.41) is 27.2. The lowest BCUT2D eigenvalue weighted by atomic mass is 9.98. The van der Waals surface area contributed by atoms with Crippen molar-refractivity contribution in [3.8, 4) is 29.0 Å². The molecule has 0 N–H and O–H groups in total. The topological polar surface area (TPSA) is 56.9 Å². The molecule has 0 atom stereocenters. The largest absolute Gasteiger partial charge is 0.311 e. The Hall–Kier alpha value is -6.97. The lowest BCUT2D eigenvalue weighted by Gasteiger charge is -2.35. The number of rotatable bonds is 6. The summed E-state index contributed by atoms with van der Waals surface area (Å²) in [6.07, 6.45) is 0. The van der Waals surface area contributed by atoms with Crippen LogP contribution in [-0.4, -0.2) is 12.6 Å². The fraction of sp³-hybridized carbons (Fsp3) is 0. The van der Waals surface area contributed by atoms with Gasteiger partial charge in [-0.15, -0.1) is 0 Å². The molecule has 4 nitrogen and oxygen atoms in total. The van der Waals surface area contributed by atoms with Crippen LogP contribution in [0.5, 0.6) is 0 Å². The molecular weight excluding hydrogens is 625 g/mol. The predicted molar refractivity (Wildman–Crippen MR) is 206 cm³/mol. The lowest BCUT2D eigenvalue weighted by molar-refractivity contribution is 1.18. The van der Waals surface area contributed by atoms with Crippen molar-refractivity contribution in [3.05, 3.63) is 192 Å². The molecule has 8 rings (SSSR count). The van der Waals surface area contributed by atoms with E-state index in [2.05, 4.69) is 113 Å². The van der Waals surface area contributed by atoms with E-state index in [4.69, 9.17) is 6.57 Å². The molecule has 0 spiro atoms. The van der Waals surface area contributed by atoms with Crippen molar-refractivity contribution in [2.75, 3.05) is 0 Å². The van der Waals surface area contributed by atoms with Gasteiger partial charge in [0.05, 0.1) is 40.9 Å². The number of benzene rings is 7. The van der Waals surface area contributed by atoms with Crippen LogP contribution in [0.1, 0.15) is 11.1 Å². The molecule has 50 heavy (non-hydrogen) atoms. The van der Waals surface area contributed by atoms with Crippen molar-refractivity contribution in [3.63, 3.8) is 0 Å². The van der Waals surface area contributed by atoms with Gasteiger partial charge in [-0.05, 0) is 68.3 Å². The number of hydrogen-bond donors (Lipinski definition) is 0. The van der Waals surface area contributed by atoms with E-state index in [9.17, 15) is 10.5 Å². The minimum Gasteiger partial charge on any atom is -0.311 e. The Morgan fingerprint density at radius 2 is 1.12 bits per heavy atom. The van der Waals surface area contributed by atoms with E-state index in [0.29, 0.717) is 22.4 Å². The summed E-state index contributed by atoms with van der Waals surface area (Å²) in [5.41, 5.74) is 5.88. The van der Waals surface area contributed by atoms with Crippen molar-refractivity contribution in [2.45, 2.75) is 0 Å². The minimum atomic E-state index is -3.01. The fourth-order valence-electron chi connectivity index (χ4n) is 7.54. The van der Waals surface area contributed by atoms with Crippen molar-refractivity contribution in [1.29, 1.82) is 10.5 Å². The highest BCUT2D eigenvalue weighted by molar-refractivity contribution is 7.20. The maximum atomic E-state index is 11.1. The molecule has 0 fully saturated rings. The number of aromatic nitrogens is 1. The quantitative estimate of drug-likeness (QED) is 0.104. The maximum absolute atomic E-state index is 11.1. The standard InChI is InChI=1S/C45H28N4Si/c1-48-42-29-33(49-43-22-12-11-20-39(43)40-28-32(30-46)24-27-44(40)49)25-26-38(42)37-21-13-23-45(41(37)31-47)50(34-14-5-2-6-15-34,35-16-7-3-8-17-35)36-18-9-4-10-19-36/h2-29H. The van der Waals surface area contributed by atoms with Crippen molar-refractivity contribution < 1.29 is 0 Å². The first-order chi connectivity index (χ1) is 24.7. The highest BCUT2D eigenvalue weighted by Gasteiger charge is 2.43. The highest BCUT2D eigenvalue weighted by atomic mass is 28.3. The number of hydrogen-bond acceptors (Lipinski definition) is 2. The first kappa shape index (κ1) is 30.4. The van der Waals surface area contributed by atoms with E-state index in [1.165, 1.54) is 15.6 Å². The van der Waals surface area contributed by atoms with Crippen LogP contribution in [-0.2, 0) is 0 Å². The van der Waals surface area contributed by atoms with Gasteiger partial charge in [0.2, 0.25) is 0 Å². The Balaban J connectivity index is 1.38. The second-order valence-corrected chi connectivity index (χ2v) is 16.0. The van der Waals surface area contributed by atoms with Crippen LogP contribution in [0.2, 0.25) is 0 Å². The van der Waals surface area contributed by atoms with Crippen LogP contribution in [0, 0.1) is 29.2 Å². The summed E-state index contributed by atoms with van der Waals surface area (Å²) in [4.78, 5) is 4.04. The van der Waals surface area contributed by atoms with Gasteiger partial charge >= 0.3 is 0 Å². The normalized spacial score (nSPS) is 11.1. The third kappa shape index (κ3) is 4.72. The zero-order valence-corrected chi connectivity index (χ0v) is 28.0. The van der Waals surface area contributed by atoms with E-state index >= 15 is 0 Å². The summed E-state index contributed by atoms with van der Waals surface area (Å²) in [6.45, 7) is 8.35. The summed E-state index contributed by atoms with van der Waals surface area (Å²) in [6, 6.07) is 62.4. The zero-order valence-electron chi connectivity index (χ0n) is 27.0. The Labute approximate surface area is 291 Å². The van der Waals surface area contributed by atoms with Crippen molar-refractivity contribution in [1.82, 2.24) is 4.57 Å². The molecule has 0 amide bonds. The smallest absolute Gasteiger partial charge is 0.197 e. The Kier molecular flexibility index (Phi) is 7.63. The molecular formula is C45H28N4Si. The molecule has 0 bridgehead atoms. The molecule has 7 aromatic carbocycles. The maximum Gasteiger partial charge on any atom is 0.197 e. The summed E-state index contributed by atoms with van der Waals surface area (Å²) in [7, 11) is -3.01. The second-order valence-electron chi connectivity index (χ2n) is 12.2. The van der Waals surface area contributed by atoms with Gasteiger partial charge in [-0.2, -0.15) is 10.5 Å². The number of fused-ring (bicyclic) bond motifs is 3. The Bertz CT molecular complexity index is 2580. The van der Waals surface area contributed by atoms with E-state index in [-0.39, 0.29) is 0 Å². The molecule has 0 saturated heterocycles. The van der Waals surface area contributed by atoms with Gasteiger partial charge < -0.3 is 4.57 Å². The first-order valence-electron chi connectivity index (χ1n) is 16.3. The molecule has 1 heterocycles. The average molecular weight is 653 g/mol. The highest BCUT2D eigenvalue weighted by Crippen LogP contribution is 2.38. The average Bonchev–Trinajstić information content (AvgIpc) is 3.52. The molecule has 8 aromatic rings. The van der Waals surface area contributed by atoms with Crippen LogP contribution >= 0.6 is 0 Å².